The van der Waals surface area contributed by atoms with Gasteiger partial charge >= 0.3 is 0 Å². The Hall–Kier alpha value is -1.96. The molecule has 2 rings (SSSR count). The molecule has 0 radical (unpaired) electrons. The van der Waals surface area contributed by atoms with Gasteiger partial charge in [0.05, 0.1) is 0 Å². The lowest BCUT2D eigenvalue weighted by Gasteiger charge is -2.19. The third kappa shape index (κ3) is 2.26. The lowest BCUT2D eigenvalue weighted by Crippen LogP contribution is -2.10. The molecule has 0 bridgehead atoms. The first kappa shape index (κ1) is 11.5. The van der Waals surface area contributed by atoms with Crippen LogP contribution in [-0.4, -0.2) is 21.1 Å². The molecule has 0 saturated carbocycles. The molecule has 0 spiro atoms. The third-order valence-electron chi connectivity index (χ3n) is 2.87. The highest BCUT2D eigenvalue weighted by Gasteiger charge is 2.08. The Kier molecular flexibility index (Phi) is 3.33. The maximum atomic E-state index is 3.24. The van der Waals surface area contributed by atoms with Gasteiger partial charge in [-0.1, -0.05) is 36.4 Å². The molecule has 88 valence electrons. The van der Waals surface area contributed by atoms with Gasteiger partial charge in [0.1, 0.15) is 0 Å². The van der Waals surface area contributed by atoms with Crippen molar-refractivity contribution in [1.82, 2.24) is 0 Å². The molecule has 0 unspecified atom stereocenters. The number of anilines is 2. The average molecular weight is 226 g/mol. The Morgan fingerprint density at radius 3 is 2.06 bits per heavy atom. The van der Waals surface area contributed by atoms with Crippen molar-refractivity contribution in [3.05, 3.63) is 48.5 Å². The van der Waals surface area contributed by atoms with Crippen LogP contribution in [0.4, 0.5) is 11.4 Å². The van der Waals surface area contributed by atoms with Gasteiger partial charge in [0.15, 0.2) is 0 Å². The minimum Gasteiger partial charge on any atom is -0.388 e. The van der Waals surface area contributed by atoms with Crippen molar-refractivity contribution in [2.45, 2.75) is 0 Å². The molecule has 0 fully saturated rings. The van der Waals surface area contributed by atoms with Crippen molar-refractivity contribution < 1.29 is 0 Å². The van der Waals surface area contributed by atoms with Crippen LogP contribution >= 0.6 is 0 Å². The van der Waals surface area contributed by atoms with E-state index in [0.717, 1.165) is 5.69 Å². The van der Waals surface area contributed by atoms with Crippen LogP contribution < -0.4 is 10.2 Å². The summed E-state index contributed by atoms with van der Waals surface area (Å²) in [6, 6.07) is 16.8. The van der Waals surface area contributed by atoms with Gasteiger partial charge in [-0.2, -0.15) is 0 Å². The molecule has 0 aliphatic rings. The van der Waals surface area contributed by atoms with Gasteiger partial charge in [-0.3, -0.25) is 0 Å². The molecule has 0 aliphatic heterocycles. The number of rotatable bonds is 3. The van der Waals surface area contributed by atoms with E-state index in [0.29, 0.717) is 0 Å². The van der Waals surface area contributed by atoms with Gasteiger partial charge in [-0.25, -0.2) is 0 Å². The summed E-state index contributed by atoms with van der Waals surface area (Å²) in [4.78, 5) is 2.14. The van der Waals surface area contributed by atoms with Crippen LogP contribution in [0, 0.1) is 0 Å². The summed E-state index contributed by atoms with van der Waals surface area (Å²) in [6.45, 7) is 0. The standard InChI is InChI=1S/C15H18N2/c1-16-14-10-6-4-8-12(14)13-9-5-7-11-15(13)17(2)3/h4-11,16H,1-3H3. The van der Waals surface area contributed by atoms with E-state index in [1.807, 2.05) is 13.1 Å². The molecule has 2 aromatic rings. The van der Waals surface area contributed by atoms with Gasteiger partial charge in [0.2, 0.25) is 0 Å². The Morgan fingerprint density at radius 2 is 1.41 bits per heavy atom. The average Bonchev–Trinajstić information content (AvgIpc) is 2.38. The summed E-state index contributed by atoms with van der Waals surface area (Å²) >= 11 is 0. The molecule has 2 heteroatoms. The Morgan fingerprint density at radius 1 is 0.824 bits per heavy atom. The van der Waals surface area contributed by atoms with Gasteiger partial charge in [0.25, 0.3) is 0 Å². The SMILES string of the molecule is CNc1ccccc1-c1ccccc1N(C)C. The van der Waals surface area contributed by atoms with E-state index in [9.17, 15) is 0 Å². The zero-order valence-electron chi connectivity index (χ0n) is 10.6. The summed E-state index contributed by atoms with van der Waals surface area (Å²) in [5, 5.41) is 3.24. The van der Waals surface area contributed by atoms with Crippen molar-refractivity contribution in [2.24, 2.45) is 0 Å². The highest BCUT2D eigenvalue weighted by Crippen LogP contribution is 2.34. The second-order valence-electron chi connectivity index (χ2n) is 4.21. The quantitative estimate of drug-likeness (QED) is 0.862. The van der Waals surface area contributed by atoms with Crippen LogP contribution in [0.1, 0.15) is 0 Å². The fourth-order valence-corrected chi connectivity index (χ4v) is 2.03. The number of hydrogen-bond donors (Lipinski definition) is 1. The zero-order chi connectivity index (χ0) is 12.3. The molecule has 0 amide bonds. The lowest BCUT2D eigenvalue weighted by atomic mass is 10.0. The summed E-state index contributed by atoms with van der Waals surface area (Å²) in [6.07, 6.45) is 0. The smallest absolute Gasteiger partial charge is 0.0441 e. The van der Waals surface area contributed by atoms with Gasteiger partial charge < -0.3 is 10.2 Å². The number of hydrogen-bond acceptors (Lipinski definition) is 2. The van der Waals surface area contributed by atoms with Crippen LogP contribution in [0.2, 0.25) is 0 Å². The minimum absolute atomic E-state index is 1.15. The van der Waals surface area contributed by atoms with Crippen molar-refractivity contribution in [2.75, 3.05) is 31.4 Å². The number of para-hydroxylation sites is 2. The number of benzene rings is 2. The highest BCUT2D eigenvalue weighted by atomic mass is 15.1. The van der Waals surface area contributed by atoms with Crippen LogP contribution in [-0.2, 0) is 0 Å². The van der Waals surface area contributed by atoms with E-state index in [4.69, 9.17) is 0 Å². The summed E-state index contributed by atoms with van der Waals surface area (Å²) in [5.74, 6) is 0. The lowest BCUT2D eigenvalue weighted by molar-refractivity contribution is 1.13. The van der Waals surface area contributed by atoms with E-state index in [1.165, 1.54) is 16.8 Å². The monoisotopic (exact) mass is 226 g/mol. The minimum atomic E-state index is 1.15. The van der Waals surface area contributed by atoms with E-state index in [1.54, 1.807) is 0 Å². The Labute approximate surface area is 103 Å². The van der Waals surface area contributed by atoms with Crippen molar-refractivity contribution in [3.8, 4) is 11.1 Å². The molecule has 0 atom stereocenters. The number of nitrogens with zero attached hydrogens (tertiary/aromatic N) is 1. The third-order valence-corrected chi connectivity index (χ3v) is 2.87. The predicted molar refractivity (Wildman–Crippen MR) is 75.8 cm³/mol. The van der Waals surface area contributed by atoms with E-state index >= 15 is 0 Å². The first-order valence-electron chi connectivity index (χ1n) is 5.77. The molecule has 0 saturated heterocycles. The Bertz CT molecular complexity index is 504. The van der Waals surface area contributed by atoms with Crippen LogP contribution in [0.3, 0.4) is 0 Å². The molecule has 0 aliphatic carbocycles. The van der Waals surface area contributed by atoms with E-state index < -0.39 is 0 Å². The van der Waals surface area contributed by atoms with E-state index in [2.05, 4.69) is 66.8 Å². The summed E-state index contributed by atoms with van der Waals surface area (Å²) in [5.41, 5.74) is 4.87. The van der Waals surface area contributed by atoms with Crippen LogP contribution in [0.15, 0.2) is 48.5 Å². The van der Waals surface area contributed by atoms with Gasteiger partial charge in [-0.05, 0) is 12.1 Å². The maximum Gasteiger partial charge on any atom is 0.0441 e. The predicted octanol–water partition coefficient (Wildman–Crippen LogP) is 3.46. The van der Waals surface area contributed by atoms with Crippen molar-refractivity contribution >= 4 is 11.4 Å². The summed E-state index contributed by atoms with van der Waals surface area (Å²) < 4.78 is 0. The molecule has 0 heterocycles. The highest BCUT2D eigenvalue weighted by molar-refractivity contribution is 5.86. The first-order valence-corrected chi connectivity index (χ1v) is 5.77. The summed E-state index contributed by atoms with van der Waals surface area (Å²) in [7, 11) is 6.10. The van der Waals surface area contributed by atoms with Crippen LogP contribution in [0.5, 0.6) is 0 Å². The van der Waals surface area contributed by atoms with Crippen molar-refractivity contribution in [1.29, 1.82) is 0 Å². The molecular formula is C15H18N2. The topological polar surface area (TPSA) is 15.3 Å². The van der Waals surface area contributed by atoms with Gasteiger partial charge in [-0.15, -0.1) is 0 Å². The number of nitrogens with one attached hydrogen (secondary N) is 1. The largest absolute Gasteiger partial charge is 0.388 e. The Balaban J connectivity index is 2.60. The fourth-order valence-electron chi connectivity index (χ4n) is 2.03. The molecular weight excluding hydrogens is 208 g/mol. The first-order chi connectivity index (χ1) is 8.24. The van der Waals surface area contributed by atoms with E-state index in [-0.39, 0.29) is 0 Å². The van der Waals surface area contributed by atoms with Crippen LogP contribution in [0.25, 0.3) is 11.1 Å². The molecule has 2 aromatic carbocycles. The fraction of sp³-hybridized carbons (Fsp3) is 0.200. The van der Waals surface area contributed by atoms with Crippen molar-refractivity contribution in [3.63, 3.8) is 0 Å². The molecule has 1 N–H and O–H groups in total. The van der Waals surface area contributed by atoms with Gasteiger partial charge in [0, 0.05) is 43.6 Å². The normalized spacial score (nSPS) is 10.1. The maximum absolute atomic E-state index is 3.24. The second-order valence-corrected chi connectivity index (χ2v) is 4.21. The zero-order valence-corrected chi connectivity index (χ0v) is 10.6. The molecule has 17 heavy (non-hydrogen) atoms. The second kappa shape index (κ2) is 4.91. The molecule has 0 aromatic heterocycles. The molecule has 2 nitrogen and oxygen atoms in total.